The third-order valence-electron chi connectivity index (χ3n) is 2.21. The van der Waals surface area contributed by atoms with Crippen LogP contribution in [-0.4, -0.2) is 11.5 Å². The minimum atomic E-state index is -0.504. The van der Waals surface area contributed by atoms with Crippen LogP contribution in [0.2, 0.25) is 0 Å². The molecular formula is C11H16N2O3. The van der Waals surface area contributed by atoms with Crippen LogP contribution >= 0.6 is 0 Å². The van der Waals surface area contributed by atoms with E-state index < -0.39 is 4.92 Å². The maximum Gasteiger partial charge on any atom is 0.292 e. The molecular weight excluding hydrogens is 208 g/mol. The van der Waals surface area contributed by atoms with Crippen LogP contribution in [0, 0.1) is 10.1 Å². The lowest BCUT2D eigenvalue weighted by Gasteiger charge is -2.06. The number of hydrogen-bond acceptors (Lipinski definition) is 4. The molecule has 0 saturated heterocycles. The molecule has 0 aromatic heterocycles. The zero-order chi connectivity index (χ0) is 12.0. The number of nitro benzene ring substituents is 1. The van der Waals surface area contributed by atoms with Gasteiger partial charge in [-0.15, -0.1) is 0 Å². The van der Waals surface area contributed by atoms with E-state index in [2.05, 4.69) is 6.92 Å². The molecule has 1 rings (SSSR count). The monoisotopic (exact) mass is 224 g/mol. The van der Waals surface area contributed by atoms with E-state index in [1.54, 1.807) is 6.07 Å². The van der Waals surface area contributed by atoms with Gasteiger partial charge in [-0.1, -0.05) is 19.8 Å². The minimum Gasteiger partial charge on any atom is -0.494 e. The number of benzene rings is 1. The highest BCUT2D eigenvalue weighted by molar-refractivity contribution is 5.60. The van der Waals surface area contributed by atoms with Crippen molar-refractivity contribution in [1.29, 1.82) is 0 Å². The summed E-state index contributed by atoms with van der Waals surface area (Å²) in [4.78, 5) is 10.0. The fourth-order valence-electron chi connectivity index (χ4n) is 1.33. The van der Waals surface area contributed by atoms with E-state index in [1.165, 1.54) is 12.1 Å². The first-order valence-electron chi connectivity index (χ1n) is 5.32. The normalized spacial score (nSPS) is 10.1. The molecule has 88 valence electrons. The van der Waals surface area contributed by atoms with Crippen molar-refractivity contribution >= 4 is 11.4 Å². The quantitative estimate of drug-likeness (QED) is 0.349. The lowest BCUT2D eigenvalue weighted by atomic mass is 10.2. The fraction of sp³-hybridized carbons (Fsp3) is 0.455. The topological polar surface area (TPSA) is 78.4 Å². The van der Waals surface area contributed by atoms with Gasteiger partial charge in [0, 0.05) is 12.1 Å². The van der Waals surface area contributed by atoms with Crippen LogP contribution in [0.15, 0.2) is 18.2 Å². The first-order valence-corrected chi connectivity index (χ1v) is 5.32. The standard InChI is InChI=1S/C11H16N2O3/c1-2-3-4-7-16-9-5-6-11(13(14)15)10(12)8-9/h5-6,8H,2-4,7,12H2,1H3. The third-order valence-corrected chi connectivity index (χ3v) is 2.21. The first kappa shape index (κ1) is 12.3. The molecule has 16 heavy (non-hydrogen) atoms. The number of unbranched alkanes of at least 4 members (excludes halogenated alkanes) is 2. The van der Waals surface area contributed by atoms with Crippen LogP contribution in [0.3, 0.4) is 0 Å². The number of rotatable bonds is 6. The summed E-state index contributed by atoms with van der Waals surface area (Å²) in [6, 6.07) is 4.43. The molecule has 0 spiro atoms. The van der Waals surface area contributed by atoms with Crippen molar-refractivity contribution in [3.05, 3.63) is 28.3 Å². The van der Waals surface area contributed by atoms with Crippen LogP contribution in [0.5, 0.6) is 5.75 Å². The maximum atomic E-state index is 10.5. The van der Waals surface area contributed by atoms with E-state index in [9.17, 15) is 10.1 Å². The van der Waals surface area contributed by atoms with Crippen molar-refractivity contribution in [2.24, 2.45) is 0 Å². The van der Waals surface area contributed by atoms with E-state index in [1.807, 2.05) is 0 Å². The second kappa shape index (κ2) is 5.95. The van der Waals surface area contributed by atoms with Crippen LogP contribution < -0.4 is 10.5 Å². The molecule has 0 heterocycles. The van der Waals surface area contributed by atoms with Crippen LogP contribution in [0.25, 0.3) is 0 Å². The number of anilines is 1. The summed E-state index contributed by atoms with van der Waals surface area (Å²) in [6.07, 6.45) is 3.22. The number of ether oxygens (including phenoxy) is 1. The number of nitrogens with two attached hydrogens (primary N) is 1. The molecule has 2 N–H and O–H groups in total. The second-order valence-electron chi connectivity index (χ2n) is 3.53. The molecule has 0 atom stereocenters. The predicted molar refractivity (Wildman–Crippen MR) is 62.5 cm³/mol. The summed E-state index contributed by atoms with van der Waals surface area (Å²) in [5.74, 6) is 0.583. The molecule has 0 radical (unpaired) electrons. The summed E-state index contributed by atoms with van der Waals surface area (Å²) >= 11 is 0. The van der Waals surface area contributed by atoms with Crippen molar-refractivity contribution in [3.8, 4) is 5.75 Å². The van der Waals surface area contributed by atoms with E-state index in [-0.39, 0.29) is 11.4 Å². The Kier molecular flexibility index (Phi) is 4.57. The highest BCUT2D eigenvalue weighted by Gasteiger charge is 2.11. The number of hydrogen-bond donors (Lipinski definition) is 1. The van der Waals surface area contributed by atoms with E-state index in [0.29, 0.717) is 12.4 Å². The van der Waals surface area contributed by atoms with Gasteiger partial charge in [0.2, 0.25) is 0 Å². The Morgan fingerprint density at radius 2 is 2.19 bits per heavy atom. The van der Waals surface area contributed by atoms with E-state index >= 15 is 0 Å². The second-order valence-corrected chi connectivity index (χ2v) is 3.53. The van der Waals surface area contributed by atoms with Crippen LogP contribution in [0.4, 0.5) is 11.4 Å². The number of nitrogens with zero attached hydrogens (tertiary/aromatic N) is 1. The smallest absolute Gasteiger partial charge is 0.292 e. The molecule has 0 saturated carbocycles. The van der Waals surface area contributed by atoms with Crippen molar-refractivity contribution in [3.63, 3.8) is 0 Å². The summed E-state index contributed by atoms with van der Waals surface area (Å²) in [5.41, 5.74) is 5.59. The van der Waals surface area contributed by atoms with Crippen molar-refractivity contribution < 1.29 is 9.66 Å². The number of nitrogen functional groups attached to an aromatic ring is 1. The van der Waals surface area contributed by atoms with Gasteiger partial charge in [0.1, 0.15) is 11.4 Å². The average molecular weight is 224 g/mol. The van der Waals surface area contributed by atoms with Crippen LogP contribution in [0.1, 0.15) is 26.2 Å². The average Bonchev–Trinajstić information content (AvgIpc) is 2.24. The van der Waals surface area contributed by atoms with Gasteiger partial charge in [-0.05, 0) is 12.5 Å². The van der Waals surface area contributed by atoms with Crippen molar-refractivity contribution in [1.82, 2.24) is 0 Å². The molecule has 0 bridgehead atoms. The molecule has 0 aliphatic heterocycles. The zero-order valence-electron chi connectivity index (χ0n) is 9.31. The molecule has 5 nitrogen and oxygen atoms in total. The molecule has 0 amide bonds. The third kappa shape index (κ3) is 3.42. The largest absolute Gasteiger partial charge is 0.494 e. The Labute approximate surface area is 94.4 Å². The van der Waals surface area contributed by atoms with Crippen molar-refractivity contribution in [2.45, 2.75) is 26.2 Å². The zero-order valence-corrected chi connectivity index (χ0v) is 9.31. The minimum absolute atomic E-state index is 0.0825. The van der Waals surface area contributed by atoms with E-state index in [0.717, 1.165) is 19.3 Å². The van der Waals surface area contributed by atoms with Crippen molar-refractivity contribution in [2.75, 3.05) is 12.3 Å². The lowest BCUT2D eigenvalue weighted by molar-refractivity contribution is -0.383. The van der Waals surface area contributed by atoms with Gasteiger partial charge in [-0.2, -0.15) is 0 Å². The van der Waals surface area contributed by atoms with Gasteiger partial charge >= 0.3 is 0 Å². The summed E-state index contributed by atoms with van der Waals surface area (Å²) in [6.45, 7) is 2.73. The molecule has 0 fully saturated rings. The Hall–Kier alpha value is -1.78. The molecule has 1 aromatic carbocycles. The Morgan fingerprint density at radius 3 is 2.75 bits per heavy atom. The Balaban J connectivity index is 2.56. The Morgan fingerprint density at radius 1 is 1.44 bits per heavy atom. The molecule has 0 aliphatic rings. The lowest BCUT2D eigenvalue weighted by Crippen LogP contribution is -1.99. The van der Waals surface area contributed by atoms with Gasteiger partial charge in [-0.25, -0.2) is 0 Å². The molecule has 0 aliphatic carbocycles. The van der Waals surface area contributed by atoms with Gasteiger partial charge in [0.25, 0.3) is 5.69 Å². The number of nitro groups is 1. The summed E-state index contributed by atoms with van der Waals surface area (Å²) in [7, 11) is 0. The van der Waals surface area contributed by atoms with Gasteiger partial charge < -0.3 is 10.5 Å². The fourth-order valence-corrected chi connectivity index (χ4v) is 1.33. The highest BCUT2D eigenvalue weighted by atomic mass is 16.6. The highest BCUT2D eigenvalue weighted by Crippen LogP contribution is 2.25. The molecule has 0 unspecified atom stereocenters. The first-order chi connectivity index (χ1) is 7.65. The van der Waals surface area contributed by atoms with E-state index in [4.69, 9.17) is 10.5 Å². The molecule has 5 heteroatoms. The van der Waals surface area contributed by atoms with Crippen LogP contribution in [-0.2, 0) is 0 Å². The summed E-state index contributed by atoms with van der Waals surface area (Å²) < 4.78 is 5.42. The van der Waals surface area contributed by atoms with Gasteiger partial charge in [0.05, 0.1) is 11.5 Å². The Bertz CT molecular complexity index is 366. The molecule has 1 aromatic rings. The summed E-state index contributed by atoms with van der Waals surface area (Å²) in [5, 5.41) is 10.5. The maximum absolute atomic E-state index is 10.5. The predicted octanol–water partition coefficient (Wildman–Crippen LogP) is 2.75. The van der Waals surface area contributed by atoms with Gasteiger partial charge in [-0.3, -0.25) is 10.1 Å². The van der Waals surface area contributed by atoms with Gasteiger partial charge in [0.15, 0.2) is 0 Å². The SMILES string of the molecule is CCCCCOc1ccc([N+](=O)[O-])c(N)c1.